The van der Waals surface area contributed by atoms with Gasteiger partial charge in [-0.3, -0.25) is 4.79 Å². The average Bonchev–Trinajstić information content (AvgIpc) is 2.97. The van der Waals surface area contributed by atoms with Crippen LogP contribution >= 0.6 is 23.4 Å². The van der Waals surface area contributed by atoms with Crippen molar-refractivity contribution in [1.29, 1.82) is 0 Å². The number of nitrogens with zero attached hydrogens (tertiary/aromatic N) is 1. The number of fused-ring (bicyclic) bond motifs is 1. The number of hydrogen-bond donors (Lipinski definition) is 5. The first-order valence-electron chi connectivity index (χ1n) is 9.95. The fraction of sp³-hybridized carbons (Fsp3) is 0.944. The van der Waals surface area contributed by atoms with Gasteiger partial charge in [-0.15, -0.1) is 23.4 Å². The third-order valence-electron chi connectivity index (χ3n) is 6.00. The molecule has 11 heteroatoms. The molecule has 0 aromatic carbocycles. The minimum Gasteiger partial charge on any atom is -0.388 e. The average molecular weight is 454 g/mol. The molecule has 1 amide bonds. The fourth-order valence-corrected chi connectivity index (χ4v) is 5.22. The van der Waals surface area contributed by atoms with Crippen LogP contribution in [0.3, 0.4) is 0 Å². The molecule has 3 saturated heterocycles. The molecule has 10 atom stereocenters. The number of halogens is 1. The van der Waals surface area contributed by atoms with Crippen LogP contribution in [0.15, 0.2) is 0 Å². The van der Waals surface area contributed by atoms with E-state index in [0.717, 1.165) is 13.1 Å². The molecule has 0 aliphatic carbocycles. The van der Waals surface area contributed by atoms with Gasteiger partial charge in [-0.2, -0.15) is 0 Å². The van der Waals surface area contributed by atoms with Crippen LogP contribution in [0.2, 0.25) is 0 Å². The summed E-state index contributed by atoms with van der Waals surface area (Å²) >= 11 is 7.55. The first-order chi connectivity index (χ1) is 13.7. The number of amides is 1. The minimum atomic E-state index is -1.39. The molecule has 5 N–H and O–H groups in total. The Morgan fingerprint density at radius 3 is 2.69 bits per heavy atom. The monoisotopic (exact) mass is 453 g/mol. The number of carbonyl (C=O) groups excluding carboxylic acids is 1. The van der Waals surface area contributed by atoms with E-state index in [1.807, 2.05) is 7.05 Å². The zero-order chi connectivity index (χ0) is 21.3. The van der Waals surface area contributed by atoms with Gasteiger partial charge in [-0.1, -0.05) is 0 Å². The van der Waals surface area contributed by atoms with Crippen LogP contribution in [-0.4, -0.2) is 119 Å². The van der Waals surface area contributed by atoms with Gasteiger partial charge in [0.05, 0.1) is 24.1 Å². The van der Waals surface area contributed by atoms with Crippen LogP contribution < -0.4 is 10.6 Å². The standard InChI is InChI=1S/C18H32ClN3O6S/c1-8(19)10(16-13(24)12(23)14(25)18(28-16)29-3)21-17(26)11-15-9(6-20-11)7-22(2)4-5-27-15/h8-16,18,20,23-25H,4-7H2,1-3H3,(H,21,26)/t8-,9+,10+,11-,12?,13-,14+,15+,16+,18?/m0/s1. The number of rotatable bonds is 5. The lowest BCUT2D eigenvalue weighted by molar-refractivity contribution is -0.205. The Bertz CT molecular complexity index is 574. The molecule has 0 spiro atoms. The summed E-state index contributed by atoms with van der Waals surface area (Å²) in [5.41, 5.74) is -0.733. The van der Waals surface area contributed by atoms with Crippen molar-refractivity contribution in [3.05, 3.63) is 0 Å². The maximum Gasteiger partial charge on any atom is 0.240 e. The van der Waals surface area contributed by atoms with Crippen LogP contribution in [0, 0.1) is 5.92 Å². The normalized spacial score (nSPS) is 43.3. The van der Waals surface area contributed by atoms with E-state index in [4.69, 9.17) is 21.1 Å². The molecule has 3 aliphatic heterocycles. The Balaban J connectivity index is 1.71. The second kappa shape index (κ2) is 9.97. The van der Waals surface area contributed by atoms with Crippen molar-refractivity contribution in [3.63, 3.8) is 0 Å². The van der Waals surface area contributed by atoms with Crippen LogP contribution in [-0.2, 0) is 14.3 Å². The molecular weight excluding hydrogens is 422 g/mol. The van der Waals surface area contributed by atoms with Crippen molar-refractivity contribution < 1.29 is 29.6 Å². The minimum absolute atomic E-state index is 0.208. The van der Waals surface area contributed by atoms with Gasteiger partial charge >= 0.3 is 0 Å². The molecule has 3 aliphatic rings. The van der Waals surface area contributed by atoms with Gasteiger partial charge in [-0.05, 0) is 20.2 Å². The molecule has 0 radical (unpaired) electrons. The van der Waals surface area contributed by atoms with Crippen LogP contribution in [0.1, 0.15) is 6.92 Å². The summed E-state index contributed by atoms with van der Waals surface area (Å²) in [6, 6.07) is -1.29. The zero-order valence-electron chi connectivity index (χ0n) is 16.9. The second-order valence-corrected chi connectivity index (χ2v) is 9.76. The van der Waals surface area contributed by atoms with Crippen LogP contribution in [0.5, 0.6) is 0 Å². The summed E-state index contributed by atoms with van der Waals surface area (Å²) in [6.45, 7) is 4.59. The molecular formula is C18H32ClN3O6S. The molecule has 9 nitrogen and oxygen atoms in total. The van der Waals surface area contributed by atoms with E-state index in [-0.39, 0.29) is 17.9 Å². The Kier molecular flexibility index (Phi) is 8.08. The Labute approximate surface area is 180 Å². The highest BCUT2D eigenvalue weighted by Gasteiger charge is 2.49. The van der Waals surface area contributed by atoms with E-state index in [0.29, 0.717) is 13.2 Å². The number of thioether (sulfide) groups is 1. The fourth-order valence-electron chi connectivity index (χ4n) is 4.34. The predicted molar refractivity (Wildman–Crippen MR) is 110 cm³/mol. The number of nitrogens with one attached hydrogen (secondary N) is 2. The molecule has 168 valence electrons. The smallest absolute Gasteiger partial charge is 0.240 e. The molecule has 2 unspecified atom stereocenters. The van der Waals surface area contributed by atoms with Crippen molar-refractivity contribution in [2.45, 2.75) is 60.3 Å². The highest BCUT2D eigenvalue weighted by atomic mass is 35.5. The molecule has 0 bridgehead atoms. The summed E-state index contributed by atoms with van der Waals surface area (Å²) in [5, 5.41) is 36.3. The second-order valence-electron chi connectivity index (χ2n) is 8.13. The number of ether oxygens (including phenoxy) is 2. The summed E-state index contributed by atoms with van der Waals surface area (Å²) < 4.78 is 11.8. The highest BCUT2D eigenvalue weighted by Crippen LogP contribution is 2.30. The van der Waals surface area contributed by atoms with Crippen molar-refractivity contribution >= 4 is 29.3 Å². The molecule has 0 aromatic heterocycles. The molecule has 29 heavy (non-hydrogen) atoms. The third-order valence-corrected chi connectivity index (χ3v) is 7.13. The largest absolute Gasteiger partial charge is 0.388 e. The van der Waals surface area contributed by atoms with Gasteiger partial charge in [0, 0.05) is 25.6 Å². The summed E-state index contributed by atoms with van der Waals surface area (Å²) in [5.74, 6) is -0.0730. The van der Waals surface area contributed by atoms with E-state index in [1.165, 1.54) is 11.8 Å². The van der Waals surface area contributed by atoms with Gasteiger partial charge in [0.15, 0.2) is 0 Å². The van der Waals surface area contributed by atoms with Gasteiger partial charge in [0.1, 0.15) is 35.9 Å². The quantitative estimate of drug-likeness (QED) is 0.306. The van der Waals surface area contributed by atoms with Gasteiger partial charge in [0.2, 0.25) is 5.91 Å². The van der Waals surface area contributed by atoms with Crippen molar-refractivity contribution in [1.82, 2.24) is 15.5 Å². The first-order valence-corrected chi connectivity index (χ1v) is 11.7. The number of alkyl halides is 1. The lowest BCUT2D eigenvalue weighted by Gasteiger charge is -2.44. The van der Waals surface area contributed by atoms with E-state index < -0.39 is 47.3 Å². The Morgan fingerprint density at radius 1 is 1.31 bits per heavy atom. The summed E-state index contributed by atoms with van der Waals surface area (Å²) in [6.07, 6.45) is -3.47. The van der Waals surface area contributed by atoms with E-state index in [2.05, 4.69) is 15.5 Å². The number of hydrogen-bond acceptors (Lipinski definition) is 9. The van der Waals surface area contributed by atoms with Gasteiger partial charge in [0.25, 0.3) is 0 Å². The number of aliphatic hydroxyl groups excluding tert-OH is 3. The molecule has 0 aromatic rings. The summed E-state index contributed by atoms with van der Waals surface area (Å²) in [7, 11) is 2.04. The first kappa shape index (κ1) is 23.5. The SMILES string of the molecule is CSC1O[C@H]([C@H](NC(=O)[C@H]2NC[C@@H]3CN(C)CCO[C@H]32)[C@H](C)Cl)[C@@H](O)C(O)[C@H]1O. The topological polar surface area (TPSA) is 124 Å². The van der Waals surface area contributed by atoms with Crippen LogP contribution in [0.25, 0.3) is 0 Å². The lowest BCUT2D eigenvalue weighted by Crippen LogP contribution is -2.65. The molecule has 3 heterocycles. The van der Waals surface area contributed by atoms with Gasteiger partial charge < -0.3 is 40.3 Å². The summed E-state index contributed by atoms with van der Waals surface area (Å²) in [4.78, 5) is 15.3. The van der Waals surface area contributed by atoms with Crippen molar-refractivity contribution in [2.24, 2.45) is 5.92 Å². The number of likely N-dealkylation sites (N-methyl/N-ethyl adjacent to an activating group) is 1. The van der Waals surface area contributed by atoms with E-state index >= 15 is 0 Å². The van der Waals surface area contributed by atoms with E-state index in [9.17, 15) is 20.1 Å². The number of aliphatic hydroxyl groups is 3. The Hall–Kier alpha value is -0.170. The van der Waals surface area contributed by atoms with E-state index in [1.54, 1.807) is 13.2 Å². The Morgan fingerprint density at radius 2 is 2.03 bits per heavy atom. The van der Waals surface area contributed by atoms with Crippen LogP contribution in [0.4, 0.5) is 0 Å². The molecule has 3 fully saturated rings. The van der Waals surface area contributed by atoms with Crippen molar-refractivity contribution in [2.75, 3.05) is 39.5 Å². The predicted octanol–water partition coefficient (Wildman–Crippen LogP) is -1.81. The number of carbonyl (C=O) groups is 1. The zero-order valence-corrected chi connectivity index (χ0v) is 18.5. The molecule has 3 rings (SSSR count). The third kappa shape index (κ3) is 5.02. The maximum atomic E-state index is 13.1. The van der Waals surface area contributed by atoms with Gasteiger partial charge in [-0.25, -0.2) is 0 Å². The highest BCUT2D eigenvalue weighted by molar-refractivity contribution is 7.99. The lowest BCUT2D eigenvalue weighted by atomic mass is 9.92. The van der Waals surface area contributed by atoms with Crippen molar-refractivity contribution in [3.8, 4) is 0 Å². The maximum absolute atomic E-state index is 13.1. The molecule has 0 saturated carbocycles.